The van der Waals surface area contributed by atoms with Crippen LogP contribution >= 0.6 is 23.4 Å². The van der Waals surface area contributed by atoms with Gasteiger partial charge in [0.05, 0.1) is 4.91 Å². The second-order valence-corrected chi connectivity index (χ2v) is 7.35. The monoisotopic (exact) mass is 400 g/mol. The van der Waals surface area contributed by atoms with E-state index in [2.05, 4.69) is 12.2 Å². The molecule has 0 aliphatic carbocycles. The van der Waals surface area contributed by atoms with E-state index < -0.39 is 17.1 Å². The first-order valence-electron chi connectivity index (χ1n) is 8.36. The van der Waals surface area contributed by atoms with Gasteiger partial charge in [0.2, 0.25) is 5.91 Å². The lowest BCUT2D eigenvalue weighted by molar-refractivity contribution is -0.127. The summed E-state index contributed by atoms with van der Waals surface area (Å²) in [6.45, 7) is 1.72. The maximum atomic E-state index is 12.5. The van der Waals surface area contributed by atoms with Crippen molar-refractivity contribution in [2.75, 3.05) is 11.9 Å². The molecule has 1 heterocycles. The molecule has 1 fully saturated rings. The number of imide groups is 1. The van der Waals surface area contributed by atoms with E-state index in [-0.39, 0.29) is 6.54 Å². The Balaban J connectivity index is 1.68. The third kappa shape index (κ3) is 4.78. The third-order valence-corrected chi connectivity index (χ3v) is 5.11. The average molecular weight is 401 g/mol. The van der Waals surface area contributed by atoms with Crippen molar-refractivity contribution in [3.63, 3.8) is 0 Å². The normalized spacial score (nSPS) is 15.5. The van der Waals surface area contributed by atoms with Crippen molar-refractivity contribution in [3.8, 4) is 0 Å². The minimum absolute atomic E-state index is 0.305. The molecule has 3 amide bonds. The smallest absolute Gasteiger partial charge is 0.294 e. The maximum absolute atomic E-state index is 12.5. The van der Waals surface area contributed by atoms with Crippen LogP contribution < -0.4 is 5.32 Å². The van der Waals surface area contributed by atoms with Gasteiger partial charge in [-0.15, -0.1) is 0 Å². The Kier molecular flexibility index (Phi) is 5.98. The van der Waals surface area contributed by atoms with Gasteiger partial charge in [0.15, 0.2) is 0 Å². The van der Waals surface area contributed by atoms with E-state index in [9.17, 15) is 14.4 Å². The van der Waals surface area contributed by atoms with Crippen molar-refractivity contribution in [2.45, 2.75) is 13.3 Å². The number of thioether (sulfide) groups is 1. The van der Waals surface area contributed by atoms with E-state index in [1.54, 1.807) is 30.3 Å². The molecule has 0 unspecified atom stereocenters. The molecule has 0 atom stereocenters. The summed E-state index contributed by atoms with van der Waals surface area (Å²) in [6, 6.07) is 14.4. The SMILES string of the molecule is CCc1ccc(/C=C2\SC(=O)N(CC(=O)Nc3cccc(Cl)c3)C2=O)cc1. The summed E-state index contributed by atoms with van der Waals surface area (Å²) in [7, 11) is 0. The first kappa shape index (κ1) is 19.2. The fraction of sp³-hybridized carbons (Fsp3) is 0.150. The molecule has 7 heteroatoms. The van der Waals surface area contributed by atoms with Gasteiger partial charge in [-0.3, -0.25) is 19.3 Å². The van der Waals surface area contributed by atoms with Gasteiger partial charge in [0.25, 0.3) is 11.1 Å². The molecular formula is C20H17ClN2O3S. The van der Waals surface area contributed by atoms with Crippen LogP contribution in [0.3, 0.4) is 0 Å². The molecule has 2 aromatic rings. The summed E-state index contributed by atoms with van der Waals surface area (Å²) < 4.78 is 0. The van der Waals surface area contributed by atoms with Gasteiger partial charge in [-0.05, 0) is 53.6 Å². The molecule has 0 radical (unpaired) electrons. The maximum Gasteiger partial charge on any atom is 0.294 e. The zero-order valence-corrected chi connectivity index (χ0v) is 16.1. The first-order chi connectivity index (χ1) is 13.0. The number of nitrogens with zero attached hydrogens (tertiary/aromatic N) is 1. The molecule has 1 aliphatic heterocycles. The molecule has 1 aliphatic rings. The number of halogens is 1. The summed E-state index contributed by atoms with van der Waals surface area (Å²) in [6.07, 6.45) is 2.59. The Morgan fingerprint density at radius 2 is 1.93 bits per heavy atom. The highest BCUT2D eigenvalue weighted by atomic mass is 35.5. The second kappa shape index (κ2) is 8.41. The Hall–Kier alpha value is -2.57. The van der Waals surface area contributed by atoms with Gasteiger partial charge < -0.3 is 5.32 Å². The van der Waals surface area contributed by atoms with Crippen molar-refractivity contribution in [2.24, 2.45) is 0 Å². The first-order valence-corrected chi connectivity index (χ1v) is 9.55. The topological polar surface area (TPSA) is 66.5 Å². The second-order valence-electron chi connectivity index (χ2n) is 5.92. The van der Waals surface area contributed by atoms with E-state index in [1.807, 2.05) is 24.3 Å². The molecular weight excluding hydrogens is 384 g/mol. The summed E-state index contributed by atoms with van der Waals surface area (Å²) >= 11 is 6.71. The van der Waals surface area contributed by atoms with Gasteiger partial charge in [-0.1, -0.05) is 48.9 Å². The molecule has 138 valence electrons. The molecule has 0 saturated carbocycles. The van der Waals surface area contributed by atoms with Crippen LogP contribution in [0.4, 0.5) is 10.5 Å². The predicted molar refractivity (Wildman–Crippen MR) is 109 cm³/mol. The lowest BCUT2D eigenvalue weighted by Gasteiger charge is -2.12. The van der Waals surface area contributed by atoms with Crippen LogP contribution in [0, 0.1) is 0 Å². The van der Waals surface area contributed by atoms with Gasteiger partial charge in [0, 0.05) is 10.7 Å². The van der Waals surface area contributed by atoms with E-state index >= 15 is 0 Å². The van der Waals surface area contributed by atoms with Crippen molar-refractivity contribution < 1.29 is 14.4 Å². The van der Waals surface area contributed by atoms with Gasteiger partial charge in [-0.2, -0.15) is 0 Å². The fourth-order valence-corrected chi connectivity index (χ4v) is 3.58. The van der Waals surface area contributed by atoms with Crippen molar-refractivity contribution in [3.05, 3.63) is 69.6 Å². The van der Waals surface area contributed by atoms with Crippen LogP contribution in [-0.2, 0) is 16.0 Å². The molecule has 1 N–H and O–H groups in total. The number of hydrogen-bond acceptors (Lipinski definition) is 4. The largest absolute Gasteiger partial charge is 0.324 e. The van der Waals surface area contributed by atoms with E-state index in [0.29, 0.717) is 15.6 Å². The zero-order chi connectivity index (χ0) is 19.4. The van der Waals surface area contributed by atoms with Crippen molar-refractivity contribution in [1.82, 2.24) is 4.90 Å². The van der Waals surface area contributed by atoms with Crippen LogP contribution in [0.25, 0.3) is 6.08 Å². The number of hydrogen-bond donors (Lipinski definition) is 1. The number of rotatable bonds is 5. The highest BCUT2D eigenvalue weighted by Gasteiger charge is 2.36. The minimum atomic E-state index is -0.467. The lowest BCUT2D eigenvalue weighted by Crippen LogP contribution is -2.36. The number of amides is 3. The van der Waals surface area contributed by atoms with E-state index in [1.165, 1.54) is 5.56 Å². The summed E-state index contributed by atoms with van der Waals surface area (Å²) in [5.41, 5.74) is 2.53. The number of aryl methyl sites for hydroxylation is 1. The van der Waals surface area contributed by atoms with Crippen LogP contribution in [-0.4, -0.2) is 28.5 Å². The van der Waals surface area contributed by atoms with Crippen molar-refractivity contribution in [1.29, 1.82) is 0 Å². The zero-order valence-electron chi connectivity index (χ0n) is 14.6. The Morgan fingerprint density at radius 3 is 2.59 bits per heavy atom. The number of nitrogens with one attached hydrogen (secondary N) is 1. The molecule has 0 aromatic heterocycles. The number of anilines is 1. The summed E-state index contributed by atoms with van der Waals surface area (Å²) in [4.78, 5) is 38.1. The highest BCUT2D eigenvalue weighted by molar-refractivity contribution is 8.18. The van der Waals surface area contributed by atoms with Gasteiger partial charge in [-0.25, -0.2) is 0 Å². The quantitative estimate of drug-likeness (QED) is 0.746. The molecule has 3 rings (SSSR count). The fourth-order valence-electron chi connectivity index (χ4n) is 2.55. The molecule has 0 spiro atoms. The highest BCUT2D eigenvalue weighted by Crippen LogP contribution is 2.32. The molecule has 0 bridgehead atoms. The van der Waals surface area contributed by atoms with Crippen molar-refractivity contribution >= 4 is 52.2 Å². The minimum Gasteiger partial charge on any atom is -0.324 e. The Bertz CT molecular complexity index is 925. The number of carbonyl (C=O) groups excluding carboxylic acids is 3. The standard InChI is InChI=1S/C20H17ClN2O3S/c1-2-13-6-8-14(9-7-13)10-17-19(25)23(20(26)27-17)12-18(24)22-16-5-3-4-15(21)11-16/h3-11H,2,12H2,1H3,(H,22,24)/b17-10-. The van der Waals surface area contributed by atoms with Crippen LogP contribution in [0.15, 0.2) is 53.4 Å². The number of carbonyl (C=O) groups is 3. The molecule has 27 heavy (non-hydrogen) atoms. The molecule has 1 saturated heterocycles. The van der Waals surface area contributed by atoms with Gasteiger partial charge in [0.1, 0.15) is 6.54 Å². The summed E-state index contributed by atoms with van der Waals surface area (Å²) in [5, 5.41) is 2.65. The predicted octanol–water partition coefficient (Wildman–Crippen LogP) is 4.58. The summed E-state index contributed by atoms with van der Waals surface area (Å²) in [5.74, 6) is -0.932. The average Bonchev–Trinajstić information content (AvgIpc) is 2.90. The molecule has 5 nitrogen and oxygen atoms in total. The van der Waals surface area contributed by atoms with Crippen LogP contribution in [0.5, 0.6) is 0 Å². The van der Waals surface area contributed by atoms with Crippen LogP contribution in [0.1, 0.15) is 18.1 Å². The lowest BCUT2D eigenvalue weighted by atomic mass is 10.1. The molecule has 2 aromatic carbocycles. The van der Waals surface area contributed by atoms with Gasteiger partial charge >= 0.3 is 0 Å². The Morgan fingerprint density at radius 1 is 1.19 bits per heavy atom. The third-order valence-electron chi connectivity index (χ3n) is 3.97. The van der Waals surface area contributed by atoms with Crippen LogP contribution in [0.2, 0.25) is 5.02 Å². The van der Waals surface area contributed by atoms with E-state index in [4.69, 9.17) is 11.6 Å². The Labute approximate surface area is 166 Å². The van der Waals surface area contributed by atoms with E-state index in [0.717, 1.165) is 28.6 Å². The number of benzene rings is 2.